The summed E-state index contributed by atoms with van der Waals surface area (Å²) in [6, 6.07) is -0.787. The molecule has 0 spiro atoms. The highest BCUT2D eigenvalue weighted by Crippen LogP contribution is 2.13. The summed E-state index contributed by atoms with van der Waals surface area (Å²) in [6.07, 6.45) is 11.6. The van der Waals surface area contributed by atoms with Crippen molar-refractivity contribution >= 4 is 23.6 Å². The van der Waals surface area contributed by atoms with E-state index in [1.165, 1.54) is 23.6 Å². The number of hydrogen-bond donors (Lipinski definition) is 2. The first-order valence-corrected chi connectivity index (χ1v) is 10.4. The van der Waals surface area contributed by atoms with Crippen LogP contribution in [-0.2, 0) is 9.59 Å². The standard InChI is InChI=1S/C21H35NO3S/c1-16(2)8-6-9-17(3)10-7-11-18(4)12-14-26-15-13-20(21(24)25)22-19(5)23/h8,10,12,20H,6-7,9,11,13-15H2,1-5H3,(H,22,23)(H,24,25)/t20-/m1/s1. The predicted molar refractivity (Wildman–Crippen MR) is 113 cm³/mol. The van der Waals surface area contributed by atoms with E-state index < -0.39 is 12.0 Å². The number of amides is 1. The zero-order chi connectivity index (χ0) is 19.9. The van der Waals surface area contributed by atoms with Gasteiger partial charge in [-0.25, -0.2) is 4.79 Å². The SMILES string of the molecule is CC(=O)N[C@H](CCSCC=C(C)CCC=C(C)CCC=C(C)C)C(=O)O. The number of nitrogens with one attached hydrogen (secondary N) is 1. The van der Waals surface area contributed by atoms with Crippen LogP contribution in [0.15, 0.2) is 34.9 Å². The van der Waals surface area contributed by atoms with Gasteiger partial charge in [0.1, 0.15) is 6.04 Å². The van der Waals surface area contributed by atoms with Crippen LogP contribution in [0.5, 0.6) is 0 Å². The van der Waals surface area contributed by atoms with Gasteiger partial charge in [0.25, 0.3) is 0 Å². The van der Waals surface area contributed by atoms with Crippen molar-refractivity contribution in [3.63, 3.8) is 0 Å². The molecule has 0 aliphatic carbocycles. The second-order valence-corrected chi connectivity index (χ2v) is 8.06. The molecular weight excluding hydrogens is 346 g/mol. The van der Waals surface area contributed by atoms with Crippen LogP contribution in [0, 0.1) is 0 Å². The summed E-state index contributed by atoms with van der Waals surface area (Å²) in [7, 11) is 0. The minimum Gasteiger partial charge on any atom is -0.480 e. The van der Waals surface area contributed by atoms with Crippen LogP contribution in [0.3, 0.4) is 0 Å². The number of carboxylic acids is 1. The third kappa shape index (κ3) is 14.8. The van der Waals surface area contributed by atoms with Gasteiger partial charge in [-0.05, 0) is 65.6 Å². The summed E-state index contributed by atoms with van der Waals surface area (Å²) in [5, 5.41) is 11.5. The van der Waals surface area contributed by atoms with Gasteiger partial charge in [0.05, 0.1) is 0 Å². The average molecular weight is 382 g/mol. The van der Waals surface area contributed by atoms with Crippen LogP contribution in [0.4, 0.5) is 0 Å². The molecule has 0 radical (unpaired) electrons. The number of hydrogen-bond acceptors (Lipinski definition) is 3. The van der Waals surface area contributed by atoms with Gasteiger partial charge >= 0.3 is 5.97 Å². The Labute approximate surface area is 163 Å². The fourth-order valence-corrected chi connectivity index (χ4v) is 3.30. The molecular formula is C21H35NO3S. The third-order valence-electron chi connectivity index (χ3n) is 3.90. The monoisotopic (exact) mass is 381 g/mol. The fourth-order valence-electron chi connectivity index (χ4n) is 2.33. The van der Waals surface area contributed by atoms with Crippen molar-refractivity contribution in [1.29, 1.82) is 0 Å². The Hall–Kier alpha value is -1.49. The van der Waals surface area contributed by atoms with Gasteiger partial charge in [-0.15, -0.1) is 0 Å². The molecule has 0 aromatic heterocycles. The van der Waals surface area contributed by atoms with Crippen molar-refractivity contribution < 1.29 is 14.7 Å². The lowest BCUT2D eigenvalue weighted by Crippen LogP contribution is -2.39. The van der Waals surface area contributed by atoms with E-state index in [-0.39, 0.29) is 5.91 Å². The Morgan fingerprint density at radius 1 is 0.962 bits per heavy atom. The van der Waals surface area contributed by atoms with Crippen LogP contribution in [-0.4, -0.2) is 34.5 Å². The molecule has 148 valence electrons. The largest absolute Gasteiger partial charge is 0.480 e. The summed E-state index contributed by atoms with van der Waals surface area (Å²) in [4.78, 5) is 22.0. The quantitative estimate of drug-likeness (QED) is 0.343. The molecule has 0 aliphatic rings. The van der Waals surface area contributed by atoms with Crippen molar-refractivity contribution in [3.05, 3.63) is 34.9 Å². The zero-order valence-corrected chi connectivity index (χ0v) is 17.7. The molecule has 1 amide bonds. The van der Waals surface area contributed by atoms with Crippen molar-refractivity contribution in [2.75, 3.05) is 11.5 Å². The number of aliphatic carboxylic acids is 1. The summed E-state index contributed by atoms with van der Waals surface area (Å²) in [5.74, 6) is 0.313. The first-order valence-electron chi connectivity index (χ1n) is 9.24. The van der Waals surface area contributed by atoms with Crippen molar-refractivity contribution in [1.82, 2.24) is 5.32 Å². The van der Waals surface area contributed by atoms with Gasteiger partial charge in [-0.1, -0.05) is 34.9 Å². The number of allylic oxidation sites excluding steroid dienone is 5. The molecule has 1 atom stereocenters. The lowest BCUT2D eigenvalue weighted by atomic mass is 10.1. The maximum atomic E-state index is 11.0. The maximum Gasteiger partial charge on any atom is 0.326 e. The van der Waals surface area contributed by atoms with Crippen LogP contribution in [0.25, 0.3) is 0 Å². The molecule has 0 saturated carbocycles. The molecule has 0 saturated heterocycles. The number of rotatable bonds is 13. The highest BCUT2D eigenvalue weighted by atomic mass is 32.2. The second kappa shape index (κ2) is 14.7. The summed E-state index contributed by atoms with van der Waals surface area (Å²) < 4.78 is 0. The lowest BCUT2D eigenvalue weighted by Gasteiger charge is -2.12. The van der Waals surface area contributed by atoms with Gasteiger partial charge in [-0.3, -0.25) is 4.79 Å². The molecule has 0 rings (SSSR count). The minimum atomic E-state index is -0.973. The van der Waals surface area contributed by atoms with Crippen molar-refractivity contribution in [2.24, 2.45) is 0 Å². The van der Waals surface area contributed by atoms with Crippen molar-refractivity contribution in [3.8, 4) is 0 Å². The molecule has 26 heavy (non-hydrogen) atoms. The third-order valence-corrected chi connectivity index (χ3v) is 4.83. The van der Waals surface area contributed by atoms with Gasteiger partial charge in [0.2, 0.25) is 5.91 Å². The molecule has 0 bridgehead atoms. The number of thioether (sulfide) groups is 1. The Morgan fingerprint density at radius 3 is 2.08 bits per heavy atom. The Morgan fingerprint density at radius 2 is 1.54 bits per heavy atom. The average Bonchev–Trinajstić information content (AvgIpc) is 2.52. The molecule has 0 fully saturated rings. The van der Waals surface area contributed by atoms with E-state index in [0.29, 0.717) is 12.2 Å². The van der Waals surface area contributed by atoms with E-state index in [0.717, 1.165) is 31.4 Å². The van der Waals surface area contributed by atoms with Crippen LogP contribution < -0.4 is 5.32 Å². The number of carbonyl (C=O) groups excluding carboxylic acids is 1. The zero-order valence-electron chi connectivity index (χ0n) is 16.9. The number of carbonyl (C=O) groups is 2. The summed E-state index contributed by atoms with van der Waals surface area (Å²) in [5.41, 5.74) is 4.19. The lowest BCUT2D eigenvalue weighted by molar-refractivity contribution is -0.141. The van der Waals surface area contributed by atoms with Gasteiger partial charge in [-0.2, -0.15) is 11.8 Å². The highest BCUT2D eigenvalue weighted by molar-refractivity contribution is 7.99. The van der Waals surface area contributed by atoms with Crippen molar-refractivity contribution in [2.45, 2.75) is 72.8 Å². The first-order chi connectivity index (χ1) is 12.2. The Balaban J connectivity index is 3.98. The number of carboxylic acid groups (broad SMARTS) is 1. The molecule has 2 N–H and O–H groups in total. The predicted octanol–water partition coefficient (Wildman–Crippen LogP) is 5.12. The molecule has 0 unspecified atom stereocenters. The Kier molecular flexibility index (Phi) is 13.8. The van der Waals surface area contributed by atoms with Gasteiger partial charge in [0, 0.05) is 12.7 Å². The fraction of sp³-hybridized carbons (Fsp3) is 0.619. The van der Waals surface area contributed by atoms with Crippen LogP contribution in [0.1, 0.15) is 66.7 Å². The topological polar surface area (TPSA) is 66.4 Å². The summed E-state index contributed by atoms with van der Waals surface area (Å²) in [6.45, 7) is 9.94. The minimum absolute atomic E-state index is 0.303. The molecule has 0 heterocycles. The van der Waals surface area contributed by atoms with Gasteiger partial charge in [0.15, 0.2) is 0 Å². The normalized spacial score (nSPS) is 13.3. The molecule has 4 nitrogen and oxygen atoms in total. The van der Waals surface area contributed by atoms with Crippen LogP contribution >= 0.6 is 11.8 Å². The van der Waals surface area contributed by atoms with E-state index in [1.54, 1.807) is 11.8 Å². The van der Waals surface area contributed by atoms with E-state index >= 15 is 0 Å². The van der Waals surface area contributed by atoms with Crippen LogP contribution in [0.2, 0.25) is 0 Å². The molecule has 5 heteroatoms. The molecule has 0 aromatic carbocycles. The maximum absolute atomic E-state index is 11.0. The van der Waals surface area contributed by atoms with E-state index in [9.17, 15) is 9.59 Å². The second-order valence-electron chi connectivity index (χ2n) is 6.91. The highest BCUT2D eigenvalue weighted by Gasteiger charge is 2.17. The summed E-state index contributed by atoms with van der Waals surface area (Å²) >= 11 is 1.70. The first kappa shape index (κ1) is 24.5. The molecule has 0 aliphatic heterocycles. The van der Waals surface area contributed by atoms with E-state index in [2.05, 4.69) is 51.2 Å². The Bertz CT molecular complexity index is 531. The van der Waals surface area contributed by atoms with Gasteiger partial charge < -0.3 is 10.4 Å². The van der Waals surface area contributed by atoms with E-state index in [1.807, 2.05) is 0 Å². The smallest absolute Gasteiger partial charge is 0.326 e. The molecule has 0 aromatic rings. The van der Waals surface area contributed by atoms with E-state index in [4.69, 9.17) is 5.11 Å².